The number of amides is 1. The smallest absolute Gasteiger partial charge is 0.276 e. The number of sulfonamides is 1. The zero-order valence-electron chi connectivity index (χ0n) is 19.5. The molecule has 0 radical (unpaired) electrons. The van der Waals surface area contributed by atoms with Gasteiger partial charge in [0.15, 0.2) is 5.69 Å². The Morgan fingerprint density at radius 3 is 2.35 bits per heavy atom. The predicted molar refractivity (Wildman–Crippen MR) is 133 cm³/mol. The molecule has 0 saturated heterocycles. The molecule has 3 aromatic rings. The largest absolute Gasteiger partial charge is 0.321 e. The summed E-state index contributed by atoms with van der Waals surface area (Å²) in [6.07, 6.45) is 5.71. The summed E-state index contributed by atoms with van der Waals surface area (Å²) < 4.78 is 28.9. The van der Waals surface area contributed by atoms with E-state index in [1.807, 2.05) is 6.92 Å². The fourth-order valence-corrected chi connectivity index (χ4v) is 5.89. The molecule has 0 aliphatic heterocycles. The van der Waals surface area contributed by atoms with Gasteiger partial charge in [0.05, 0.1) is 10.3 Å². The zero-order chi connectivity index (χ0) is 24.3. The van der Waals surface area contributed by atoms with Gasteiger partial charge < -0.3 is 5.32 Å². The number of hydrogen-bond acceptors (Lipinski definition) is 5. The maximum atomic E-state index is 13.1. The fraction of sp³-hybridized carbons (Fsp3) is 0.400. The molecule has 8 nitrogen and oxygen atoms in total. The number of fused-ring (bicyclic) bond motifs is 1. The van der Waals surface area contributed by atoms with Crippen molar-refractivity contribution in [2.45, 2.75) is 62.9 Å². The van der Waals surface area contributed by atoms with Gasteiger partial charge in [0.2, 0.25) is 10.0 Å². The van der Waals surface area contributed by atoms with E-state index in [4.69, 9.17) is 0 Å². The van der Waals surface area contributed by atoms with Crippen LogP contribution in [0.15, 0.2) is 58.2 Å². The van der Waals surface area contributed by atoms with Crippen LogP contribution in [0.4, 0.5) is 5.69 Å². The first kappa shape index (κ1) is 24.1. The van der Waals surface area contributed by atoms with E-state index >= 15 is 0 Å². The van der Waals surface area contributed by atoms with Crippen molar-refractivity contribution in [3.8, 4) is 0 Å². The van der Waals surface area contributed by atoms with E-state index < -0.39 is 15.9 Å². The number of anilines is 1. The third kappa shape index (κ3) is 4.76. The van der Waals surface area contributed by atoms with Crippen molar-refractivity contribution >= 4 is 32.4 Å². The van der Waals surface area contributed by atoms with Crippen LogP contribution in [0.5, 0.6) is 0 Å². The Labute approximate surface area is 199 Å². The first-order valence-corrected chi connectivity index (χ1v) is 13.2. The van der Waals surface area contributed by atoms with E-state index in [1.54, 1.807) is 43.4 Å². The SMILES string of the molecule is CCCn1nc(C(=O)Nc2ccc(S(=O)(=O)N(C)C3CCCCC3)cc2)c2ccccc2c1=O. The molecule has 1 N–H and O–H groups in total. The van der Waals surface area contributed by atoms with Crippen LogP contribution in [0.2, 0.25) is 0 Å². The highest BCUT2D eigenvalue weighted by Crippen LogP contribution is 2.27. The molecule has 1 heterocycles. The second-order valence-electron chi connectivity index (χ2n) is 8.71. The second kappa shape index (κ2) is 10.1. The van der Waals surface area contributed by atoms with Gasteiger partial charge in [-0.1, -0.05) is 44.4 Å². The van der Waals surface area contributed by atoms with E-state index in [0.29, 0.717) is 29.4 Å². The summed E-state index contributed by atoms with van der Waals surface area (Å²) in [5.74, 6) is -0.462. The average molecular weight is 483 g/mol. The summed E-state index contributed by atoms with van der Waals surface area (Å²) in [6.45, 7) is 2.34. The molecule has 1 saturated carbocycles. The van der Waals surface area contributed by atoms with Crippen molar-refractivity contribution in [3.63, 3.8) is 0 Å². The van der Waals surface area contributed by atoms with Gasteiger partial charge in [-0.2, -0.15) is 9.40 Å². The molecule has 2 aromatic carbocycles. The summed E-state index contributed by atoms with van der Waals surface area (Å²) in [7, 11) is -1.97. The molecule has 1 fully saturated rings. The minimum atomic E-state index is -3.61. The van der Waals surface area contributed by atoms with Crippen molar-refractivity contribution in [2.24, 2.45) is 0 Å². The van der Waals surface area contributed by atoms with Crippen LogP contribution in [-0.2, 0) is 16.6 Å². The quantitative estimate of drug-likeness (QED) is 0.548. The normalized spacial score (nSPS) is 15.0. The van der Waals surface area contributed by atoms with E-state index in [1.165, 1.54) is 21.1 Å². The summed E-state index contributed by atoms with van der Waals surface area (Å²) in [5.41, 5.74) is 0.367. The number of aromatic nitrogens is 2. The number of carbonyl (C=O) groups is 1. The van der Waals surface area contributed by atoms with Crippen LogP contribution in [0.3, 0.4) is 0 Å². The number of nitrogens with zero attached hydrogens (tertiary/aromatic N) is 3. The lowest BCUT2D eigenvalue weighted by atomic mass is 9.96. The van der Waals surface area contributed by atoms with Crippen LogP contribution in [-0.4, -0.2) is 41.5 Å². The highest BCUT2D eigenvalue weighted by Gasteiger charge is 2.29. The fourth-order valence-electron chi connectivity index (χ4n) is 4.47. The molecule has 0 spiro atoms. The van der Waals surface area contributed by atoms with Gasteiger partial charge in [0, 0.05) is 30.7 Å². The van der Waals surface area contributed by atoms with Crippen molar-refractivity contribution in [1.82, 2.24) is 14.1 Å². The van der Waals surface area contributed by atoms with Gasteiger partial charge in [-0.05, 0) is 49.6 Å². The first-order valence-electron chi connectivity index (χ1n) is 11.7. The molecule has 1 aromatic heterocycles. The molecule has 4 rings (SSSR count). The Hall–Kier alpha value is -3.04. The van der Waals surface area contributed by atoms with Gasteiger partial charge in [0.1, 0.15) is 0 Å². The van der Waals surface area contributed by atoms with Crippen LogP contribution in [0.25, 0.3) is 10.8 Å². The molecule has 1 amide bonds. The van der Waals surface area contributed by atoms with Gasteiger partial charge in [0.25, 0.3) is 11.5 Å². The number of benzene rings is 2. The number of aryl methyl sites for hydroxylation is 1. The lowest BCUT2D eigenvalue weighted by molar-refractivity contribution is 0.102. The molecular weight excluding hydrogens is 452 g/mol. The number of rotatable bonds is 7. The van der Waals surface area contributed by atoms with Gasteiger partial charge in [-0.25, -0.2) is 13.1 Å². The molecule has 1 aliphatic carbocycles. The van der Waals surface area contributed by atoms with Crippen molar-refractivity contribution in [1.29, 1.82) is 0 Å². The van der Waals surface area contributed by atoms with E-state index in [2.05, 4.69) is 10.4 Å². The monoisotopic (exact) mass is 482 g/mol. The molecular formula is C25H30N4O4S. The van der Waals surface area contributed by atoms with Crippen LogP contribution in [0, 0.1) is 0 Å². The van der Waals surface area contributed by atoms with E-state index in [0.717, 1.165) is 32.1 Å². The first-order chi connectivity index (χ1) is 16.3. The molecule has 9 heteroatoms. The third-order valence-electron chi connectivity index (χ3n) is 6.40. The average Bonchev–Trinajstić information content (AvgIpc) is 2.86. The van der Waals surface area contributed by atoms with E-state index in [9.17, 15) is 18.0 Å². The van der Waals surface area contributed by atoms with Crippen molar-refractivity contribution in [3.05, 3.63) is 64.6 Å². The molecule has 0 atom stereocenters. The second-order valence-corrected chi connectivity index (χ2v) is 10.7. The molecule has 1 aliphatic rings. The Morgan fingerprint density at radius 2 is 1.71 bits per heavy atom. The van der Waals surface area contributed by atoms with Gasteiger partial charge in [-0.15, -0.1) is 0 Å². The highest BCUT2D eigenvalue weighted by atomic mass is 32.2. The van der Waals surface area contributed by atoms with Crippen LogP contribution >= 0.6 is 0 Å². The Bertz CT molecular complexity index is 1340. The number of nitrogens with one attached hydrogen (secondary N) is 1. The summed E-state index contributed by atoms with van der Waals surface area (Å²) in [6, 6.07) is 13.1. The summed E-state index contributed by atoms with van der Waals surface area (Å²) in [5, 5.41) is 8.00. The standard InChI is InChI=1S/C25H30N4O4S/c1-3-17-29-25(31)22-12-8-7-11-21(22)23(27-29)24(30)26-18-13-15-20(16-14-18)34(32,33)28(2)19-9-5-4-6-10-19/h7-8,11-16,19H,3-6,9-10,17H2,1-2H3,(H,26,30). The highest BCUT2D eigenvalue weighted by molar-refractivity contribution is 7.89. The lowest BCUT2D eigenvalue weighted by Crippen LogP contribution is -2.38. The van der Waals surface area contributed by atoms with E-state index in [-0.39, 0.29) is 22.2 Å². The van der Waals surface area contributed by atoms with Crippen LogP contribution in [0.1, 0.15) is 55.9 Å². The summed E-state index contributed by atoms with van der Waals surface area (Å²) in [4.78, 5) is 25.9. The molecule has 34 heavy (non-hydrogen) atoms. The minimum absolute atomic E-state index is 0.0243. The zero-order valence-corrected chi connectivity index (χ0v) is 20.3. The third-order valence-corrected chi connectivity index (χ3v) is 8.32. The number of carbonyl (C=O) groups excluding carboxylic acids is 1. The van der Waals surface area contributed by atoms with Crippen molar-refractivity contribution in [2.75, 3.05) is 12.4 Å². The Kier molecular flexibility index (Phi) is 7.13. The van der Waals surface area contributed by atoms with Crippen molar-refractivity contribution < 1.29 is 13.2 Å². The lowest BCUT2D eigenvalue weighted by Gasteiger charge is -2.30. The van der Waals surface area contributed by atoms with Crippen LogP contribution < -0.4 is 10.9 Å². The molecule has 180 valence electrons. The molecule has 0 bridgehead atoms. The predicted octanol–water partition coefficient (Wildman–Crippen LogP) is 4.01. The Morgan fingerprint density at radius 1 is 1.06 bits per heavy atom. The minimum Gasteiger partial charge on any atom is -0.321 e. The summed E-state index contributed by atoms with van der Waals surface area (Å²) >= 11 is 0. The topological polar surface area (TPSA) is 101 Å². The maximum absolute atomic E-state index is 13.1. The molecule has 0 unspecified atom stereocenters. The van der Waals surface area contributed by atoms with Gasteiger partial charge >= 0.3 is 0 Å². The van der Waals surface area contributed by atoms with Gasteiger partial charge in [-0.3, -0.25) is 9.59 Å². The Balaban J connectivity index is 1.57. The number of hydrogen-bond donors (Lipinski definition) is 1. The maximum Gasteiger partial charge on any atom is 0.276 e.